The molecule has 0 spiro atoms. The molecule has 3 rings (SSSR count). The van der Waals surface area contributed by atoms with Gasteiger partial charge in [-0.3, -0.25) is 0 Å². The van der Waals surface area contributed by atoms with Gasteiger partial charge >= 0.3 is 5.97 Å². The van der Waals surface area contributed by atoms with Crippen LogP contribution in [0, 0.1) is 0 Å². The van der Waals surface area contributed by atoms with Gasteiger partial charge < -0.3 is 13.9 Å². The van der Waals surface area contributed by atoms with Gasteiger partial charge in [0.15, 0.2) is 12.1 Å². The number of carbonyl (C=O) groups excluding carboxylic acids is 1. The third-order valence-electron chi connectivity index (χ3n) is 3.07. The van der Waals surface area contributed by atoms with Crippen molar-refractivity contribution in [3.8, 4) is 0 Å². The number of furan rings is 1. The number of hydrogen-bond donors (Lipinski definition) is 0. The summed E-state index contributed by atoms with van der Waals surface area (Å²) >= 11 is 0. The largest absolute Gasteiger partial charge is 0.467 e. The van der Waals surface area contributed by atoms with Crippen LogP contribution in [0.3, 0.4) is 0 Å². The van der Waals surface area contributed by atoms with Crippen molar-refractivity contribution < 1.29 is 18.7 Å². The van der Waals surface area contributed by atoms with Crippen LogP contribution in [0.25, 0.3) is 0 Å². The summed E-state index contributed by atoms with van der Waals surface area (Å²) in [6.07, 6.45) is 0.945. The number of methoxy groups -OCH3 is 1. The molecule has 102 valence electrons. The van der Waals surface area contributed by atoms with Gasteiger partial charge in [0.2, 0.25) is 5.90 Å². The predicted molar refractivity (Wildman–Crippen MR) is 71.3 cm³/mol. The zero-order chi connectivity index (χ0) is 13.9. The standard InChI is InChI=1S/C15H13NO4/c1-18-15(17)12-13(11-8-5-9-19-11)20-14(16-12)10-6-3-2-4-7-10/h2-9,12-13H,1H3. The molecule has 0 bridgehead atoms. The van der Waals surface area contributed by atoms with E-state index in [2.05, 4.69) is 4.99 Å². The molecule has 0 fully saturated rings. The maximum absolute atomic E-state index is 11.8. The van der Waals surface area contributed by atoms with Crippen LogP contribution in [0.15, 0.2) is 58.1 Å². The van der Waals surface area contributed by atoms with Gasteiger partial charge in [0.25, 0.3) is 0 Å². The van der Waals surface area contributed by atoms with Gasteiger partial charge in [-0.1, -0.05) is 18.2 Å². The molecular weight excluding hydrogens is 258 g/mol. The number of carbonyl (C=O) groups is 1. The Balaban J connectivity index is 1.93. The number of rotatable bonds is 3. The molecule has 1 aromatic heterocycles. The number of aliphatic imine (C=N–C) groups is 1. The normalized spacial score (nSPS) is 21.1. The Morgan fingerprint density at radius 3 is 2.65 bits per heavy atom. The average Bonchev–Trinajstić information content (AvgIpc) is 3.16. The summed E-state index contributed by atoms with van der Waals surface area (Å²) in [5, 5.41) is 0. The van der Waals surface area contributed by atoms with Crippen molar-refractivity contribution in [2.45, 2.75) is 12.1 Å². The molecule has 0 saturated carbocycles. The van der Waals surface area contributed by atoms with Crippen molar-refractivity contribution >= 4 is 11.9 Å². The topological polar surface area (TPSA) is 61.0 Å². The van der Waals surface area contributed by atoms with E-state index in [0.717, 1.165) is 5.56 Å². The molecule has 1 aliphatic heterocycles. The van der Waals surface area contributed by atoms with Gasteiger partial charge in [0, 0.05) is 5.56 Å². The highest BCUT2D eigenvalue weighted by Gasteiger charge is 2.40. The highest BCUT2D eigenvalue weighted by molar-refractivity contribution is 5.98. The van der Waals surface area contributed by atoms with E-state index in [4.69, 9.17) is 13.9 Å². The van der Waals surface area contributed by atoms with Gasteiger partial charge in [0.1, 0.15) is 5.76 Å². The lowest BCUT2D eigenvalue weighted by molar-refractivity contribution is -0.144. The Hall–Kier alpha value is -2.56. The third-order valence-corrected chi connectivity index (χ3v) is 3.07. The lowest BCUT2D eigenvalue weighted by Gasteiger charge is -2.13. The highest BCUT2D eigenvalue weighted by Crippen LogP contribution is 2.32. The Bertz CT molecular complexity index is 619. The molecule has 2 aromatic rings. The first kappa shape index (κ1) is 12.5. The maximum Gasteiger partial charge on any atom is 0.335 e. The molecule has 0 N–H and O–H groups in total. The van der Waals surface area contributed by atoms with Crippen LogP contribution in [0.2, 0.25) is 0 Å². The second-order valence-corrected chi connectivity index (χ2v) is 4.32. The fraction of sp³-hybridized carbons (Fsp3) is 0.200. The summed E-state index contributed by atoms with van der Waals surface area (Å²) in [5.41, 5.74) is 0.815. The van der Waals surface area contributed by atoms with Gasteiger partial charge in [0.05, 0.1) is 13.4 Å². The third kappa shape index (κ3) is 2.18. The van der Waals surface area contributed by atoms with Gasteiger partial charge in [-0.2, -0.15) is 0 Å². The van der Waals surface area contributed by atoms with Crippen LogP contribution in [0.5, 0.6) is 0 Å². The average molecular weight is 271 g/mol. The number of nitrogens with zero attached hydrogens (tertiary/aromatic N) is 1. The van der Waals surface area contributed by atoms with Crippen LogP contribution in [-0.4, -0.2) is 25.0 Å². The van der Waals surface area contributed by atoms with Crippen molar-refractivity contribution in [3.05, 3.63) is 60.1 Å². The zero-order valence-electron chi connectivity index (χ0n) is 10.9. The molecule has 2 atom stereocenters. The van der Waals surface area contributed by atoms with Gasteiger partial charge in [-0.05, 0) is 24.3 Å². The quantitative estimate of drug-likeness (QED) is 0.804. The van der Waals surface area contributed by atoms with E-state index < -0.39 is 18.1 Å². The number of esters is 1. The molecule has 0 radical (unpaired) electrons. The first-order valence-corrected chi connectivity index (χ1v) is 6.20. The van der Waals surface area contributed by atoms with E-state index in [1.807, 2.05) is 30.3 Å². The molecule has 0 saturated heterocycles. The molecule has 2 unspecified atom stereocenters. The zero-order valence-corrected chi connectivity index (χ0v) is 10.9. The van der Waals surface area contributed by atoms with Crippen molar-refractivity contribution in [2.24, 2.45) is 4.99 Å². The number of benzene rings is 1. The summed E-state index contributed by atoms with van der Waals surface area (Å²) in [4.78, 5) is 16.2. The lowest BCUT2D eigenvalue weighted by Crippen LogP contribution is -2.24. The fourth-order valence-electron chi connectivity index (χ4n) is 2.10. The van der Waals surface area contributed by atoms with E-state index in [0.29, 0.717) is 11.7 Å². The maximum atomic E-state index is 11.8. The van der Waals surface area contributed by atoms with Gasteiger partial charge in [-0.25, -0.2) is 9.79 Å². The molecule has 2 heterocycles. The second kappa shape index (κ2) is 5.21. The van der Waals surface area contributed by atoms with Crippen LogP contribution >= 0.6 is 0 Å². The van der Waals surface area contributed by atoms with E-state index in [1.54, 1.807) is 12.1 Å². The van der Waals surface area contributed by atoms with Crippen LogP contribution < -0.4 is 0 Å². The molecule has 1 aromatic carbocycles. The summed E-state index contributed by atoms with van der Waals surface area (Å²) < 4.78 is 15.9. The Labute approximate surface area is 115 Å². The minimum atomic E-state index is -0.749. The predicted octanol–water partition coefficient (Wildman–Crippen LogP) is 2.34. The van der Waals surface area contributed by atoms with E-state index >= 15 is 0 Å². The lowest BCUT2D eigenvalue weighted by atomic mass is 10.1. The smallest absolute Gasteiger partial charge is 0.335 e. The molecular formula is C15H13NO4. The molecule has 1 aliphatic rings. The monoisotopic (exact) mass is 271 g/mol. The van der Waals surface area contributed by atoms with Crippen molar-refractivity contribution in [2.75, 3.05) is 7.11 Å². The second-order valence-electron chi connectivity index (χ2n) is 4.32. The summed E-state index contributed by atoms with van der Waals surface area (Å²) in [6, 6.07) is 12.2. The van der Waals surface area contributed by atoms with Crippen LogP contribution in [0.4, 0.5) is 0 Å². The molecule has 0 aliphatic carbocycles. The molecule has 0 amide bonds. The van der Waals surface area contributed by atoms with Crippen molar-refractivity contribution in [3.63, 3.8) is 0 Å². The van der Waals surface area contributed by atoms with Crippen LogP contribution in [0.1, 0.15) is 17.4 Å². The minimum absolute atomic E-state index is 0.419. The summed E-state index contributed by atoms with van der Waals surface area (Å²) in [5.74, 6) is 0.523. The molecule has 20 heavy (non-hydrogen) atoms. The van der Waals surface area contributed by atoms with E-state index in [9.17, 15) is 4.79 Å². The van der Waals surface area contributed by atoms with Crippen molar-refractivity contribution in [1.82, 2.24) is 0 Å². The van der Waals surface area contributed by atoms with E-state index in [-0.39, 0.29) is 0 Å². The Morgan fingerprint density at radius 2 is 2.00 bits per heavy atom. The van der Waals surface area contributed by atoms with Crippen LogP contribution in [-0.2, 0) is 14.3 Å². The van der Waals surface area contributed by atoms with E-state index in [1.165, 1.54) is 13.4 Å². The summed E-state index contributed by atoms with van der Waals surface area (Å²) in [7, 11) is 1.33. The fourth-order valence-corrected chi connectivity index (χ4v) is 2.10. The highest BCUT2D eigenvalue weighted by atomic mass is 16.5. The first-order chi connectivity index (χ1) is 9.79. The Morgan fingerprint density at radius 1 is 1.20 bits per heavy atom. The molecule has 5 nitrogen and oxygen atoms in total. The number of ether oxygens (including phenoxy) is 2. The van der Waals surface area contributed by atoms with Crippen molar-refractivity contribution in [1.29, 1.82) is 0 Å². The minimum Gasteiger partial charge on any atom is -0.467 e. The summed E-state index contributed by atoms with van der Waals surface area (Å²) in [6.45, 7) is 0. The SMILES string of the molecule is COC(=O)C1N=C(c2ccccc2)OC1c1ccco1. The number of hydrogen-bond acceptors (Lipinski definition) is 5. The molecule has 5 heteroatoms. The Kier molecular flexibility index (Phi) is 3.25. The van der Waals surface area contributed by atoms with Gasteiger partial charge in [-0.15, -0.1) is 0 Å². The first-order valence-electron chi connectivity index (χ1n) is 6.20.